The van der Waals surface area contributed by atoms with Crippen molar-refractivity contribution in [3.05, 3.63) is 24.3 Å². The molecule has 0 aliphatic carbocycles. The molecule has 1 aromatic carbocycles. The van der Waals surface area contributed by atoms with E-state index < -0.39 is 0 Å². The first-order valence-electron chi connectivity index (χ1n) is 11.4. The molecule has 0 saturated heterocycles. The van der Waals surface area contributed by atoms with Crippen LogP contribution in [-0.4, -0.2) is 19.8 Å². The van der Waals surface area contributed by atoms with Gasteiger partial charge in [-0.05, 0) is 18.6 Å². The van der Waals surface area contributed by atoms with Gasteiger partial charge in [-0.15, -0.1) is 0 Å². The van der Waals surface area contributed by atoms with Gasteiger partial charge in [0, 0.05) is 6.61 Å². The lowest BCUT2D eigenvalue weighted by Crippen LogP contribution is -2.08. The van der Waals surface area contributed by atoms with E-state index in [0.29, 0.717) is 18.9 Å². The number of nitrogens with two attached hydrogens (primary N) is 1. The normalized spacial score (nSPS) is 11.0. The largest absolute Gasteiger partial charge is 0.489 e. The minimum atomic E-state index is 0.562. The van der Waals surface area contributed by atoms with Crippen LogP contribution in [0.2, 0.25) is 0 Å². The lowest BCUT2D eigenvalue weighted by atomic mass is 10.0. The number of anilines is 1. The summed E-state index contributed by atoms with van der Waals surface area (Å²) in [5, 5.41) is 0. The SMILES string of the molecule is CCCCCCCCCCCCCCCCOCCOc1ccccc1N. The molecule has 2 N–H and O–H groups in total. The molecular formula is C24H43NO2. The number of rotatable bonds is 19. The second kappa shape index (κ2) is 18.2. The number of nitrogen functional groups attached to an aromatic ring is 1. The molecule has 3 nitrogen and oxygen atoms in total. The molecule has 0 aromatic heterocycles. The summed E-state index contributed by atoms with van der Waals surface area (Å²) < 4.78 is 11.2. The molecule has 27 heavy (non-hydrogen) atoms. The van der Waals surface area contributed by atoms with Gasteiger partial charge < -0.3 is 15.2 Å². The van der Waals surface area contributed by atoms with Crippen LogP contribution in [0.25, 0.3) is 0 Å². The third kappa shape index (κ3) is 14.5. The van der Waals surface area contributed by atoms with Gasteiger partial charge in [-0.3, -0.25) is 0 Å². The summed E-state index contributed by atoms with van der Waals surface area (Å²) in [5.41, 5.74) is 6.52. The van der Waals surface area contributed by atoms with Gasteiger partial charge in [-0.25, -0.2) is 0 Å². The van der Waals surface area contributed by atoms with Crippen molar-refractivity contribution < 1.29 is 9.47 Å². The zero-order valence-corrected chi connectivity index (χ0v) is 17.7. The zero-order valence-electron chi connectivity index (χ0n) is 17.7. The van der Waals surface area contributed by atoms with Gasteiger partial charge >= 0.3 is 0 Å². The highest BCUT2D eigenvalue weighted by Crippen LogP contribution is 2.19. The van der Waals surface area contributed by atoms with Crippen molar-refractivity contribution in [1.29, 1.82) is 0 Å². The molecule has 0 bridgehead atoms. The van der Waals surface area contributed by atoms with Gasteiger partial charge in [0.05, 0.1) is 12.3 Å². The second-order valence-corrected chi connectivity index (χ2v) is 7.59. The van der Waals surface area contributed by atoms with Crippen molar-refractivity contribution in [2.75, 3.05) is 25.6 Å². The molecule has 0 unspecified atom stereocenters. The molecule has 1 rings (SSSR count). The summed E-state index contributed by atoms with van der Waals surface area (Å²) in [6.45, 7) is 4.32. The number of hydrogen-bond acceptors (Lipinski definition) is 3. The van der Waals surface area contributed by atoms with Crippen LogP contribution >= 0.6 is 0 Å². The molecule has 0 amide bonds. The Bertz CT molecular complexity index is 436. The number of benzene rings is 1. The van der Waals surface area contributed by atoms with E-state index >= 15 is 0 Å². The van der Waals surface area contributed by atoms with E-state index in [4.69, 9.17) is 15.2 Å². The van der Waals surface area contributed by atoms with Crippen molar-refractivity contribution >= 4 is 5.69 Å². The van der Waals surface area contributed by atoms with Crippen LogP contribution < -0.4 is 10.5 Å². The van der Waals surface area contributed by atoms with Gasteiger partial charge in [0.25, 0.3) is 0 Å². The summed E-state index contributed by atoms with van der Waals surface area (Å²) >= 11 is 0. The summed E-state index contributed by atoms with van der Waals surface area (Å²) in [6.07, 6.45) is 19.4. The molecule has 0 aliphatic heterocycles. The van der Waals surface area contributed by atoms with Gasteiger partial charge in [0.1, 0.15) is 12.4 Å². The Morgan fingerprint density at radius 1 is 0.630 bits per heavy atom. The Kier molecular flexibility index (Phi) is 16.0. The standard InChI is InChI=1S/C24H43NO2/c1-2-3-4-5-6-7-8-9-10-11-12-13-14-17-20-26-21-22-27-24-19-16-15-18-23(24)25/h15-16,18-19H,2-14,17,20-22,25H2,1H3. The lowest BCUT2D eigenvalue weighted by Gasteiger charge is -2.09. The van der Waals surface area contributed by atoms with Crippen LogP contribution in [0, 0.1) is 0 Å². The molecule has 0 heterocycles. The first kappa shape index (κ1) is 23.8. The smallest absolute Gasteiger partial charge is 0.142 e. The average Bonchev–Trinajstić information content (AvgIpc) is 2.68. The molecule has 0 radical (unpaired) electrons. The minimum absolute atomic E-state index is 0.562. The highest BCUT2D eigenvalue weighted by molar-refractivity contribution is 5.51. The summed E-state index contributed by atoms with van der Waals surface area (Å²) in [6, 6.07) is 7.59. The minimum Gasteiger partial charge on any atom is -0.489 e. The predicted octanol–water partition coefficient (Wildman–Crippen LogP) is 7.15. The van der Waals surface area contributed by atoms with Crippen LogP contribution in [0.4, 0.5) is 5.69 Å². The molecule has 0 fully saturated rings. The van der Waals surface area contributed by atoms with Gasteiger partial charge in [0.15, 0.2) is 0 Å². The van der Waals surface area contributed by atoms with Crippen molar-refractivity contribution in [3.8, 4) is 5.75 Å². The third-order valence-corrected chi connectivity index (χ3v) is 5.05. The predicted molar refractivity (Wildman–Crippen MR) is 117 cm³/mol. The van der Waals surface area contributed by atoms with E-state index in [-0.39, 0.29) is 0 Å². The monoisotopic (exact) mass is 377 g/mol. The number of hydrogen-bond donors (Lipinski definition) is 1. The van der Waals surface area contributed by atoms with E-state index in [1.54, 1.807) is 0 Å². The highest BCUT2D eigenvalue weighted by atomic mass is 16.5. The van der Waals surface area contributed by atoms with Crippen LogP contribution in [0.15, 0.2) is 24.3 Å². The fourth-order valence-electron chi connectivity index (χ4n) is 3.32. The van der Waals surface area contributed by atoms with Crippen molar-refractivity contribution in [1.82, 2.24) is 0 Å². The number of ether oxygens (including phenoxy) is 2. The topological polar surface area (TPSA) is 44.5 Å². The summed E-state index contributed by atoms with van der Waals surface area (Å²) in [4.78, 5) is 0. The van der Waals surface area contributed by atoms with Crippen LogP contribution in [0.1, 0.15) is 96.8 Å². The zero-order chi connectivity index (χ0) is 19.4. The molecule has 156 valence electrons. The first-order chi connectivity index (χ1) is 13.3. The van der Waals surface area contributed by atoms with Gasteiger partial charge in [-0.1, -0.05) is 103 Å². The maximum absolute atomic E-state index is 5.83. The number of unbranched alkanes of at least 4 members (excludes halogenated alkanes) is 13. The van der Waals surface area contributed by atoms with Crippen molar-refractivity contribution in [3.63, 3.8) is 0 Å². The molecule has 0 aliphatic rings. The number of para-hydroxylation sites is 2. The van der Waals surface area contributed by atoms with E-state index in [9.17, 15) is 0 Å². The van der Waals surface area contributed by atoms with Crippen molar-refractivity contribution in [2.45, 2.75) is 96.8 Å². The highest BCUT2D eigenvalue weighted by Gasteiger charge is 1.98. The van der Waals surface area contributed by atoms with E-state index in [2.05, 4.69) is 6.92 Å². The molecule has 0 saturated carbocycles. The second-order valence-electron chi connectivity index (χ2n) is 7.59. The van der Waals surface area contributed by atoms with E-state index in [1.807, 2.05) is 24.3 Å². The van der Waals surface area contributed by atoms with Crippen LogP contribution in [0.5, 0.6) is 5.75 Å². The maximum atomic E-state index is 5.83. The molecule has 0 atom stereocenters. The Balaban J connectivity index is 1.73. The fourth-order valence-corrected chi connectivity index (χ4v) is 3.32. The van der Waals surface area contributed by atoms with E-state index in [0.717, 1.165) is 18.8 Å². The van der Waals surface area contributed by atoms with Gasteiger partial charge in [0.2, 0.25) is 0 Å². The fraction of sp³-hybridized carbons (Fsp3) is 0.750. The molecule has 3 heteroatoms. The van der Waals surface area contributed by atoms with Gasteiger partial charge in [-0.2, -0.15) is 0 Å². The Labute approximate surface area is 168 Å². The quantitative estimate of drug-likeness (QED) is 0.206. The van der Waals surface area contributed by atoms with E-state index in [1.165, 1.54) is 83.5 Å². The Morgan fingerprint density at radius 2 is 1.15 bits per heavy atom. The summed E-state index contributed by atoms with van der Waals surface area (Å²) in [5.74, 6) is 0.748. The van der Waals surface area contributed by atoms with Crippen LogP contribution in [0.3, 0.4) is 0 Å². The van der Waals surface area contributed by atoms with Crippen molar-refractivity contribution in [2.24, 2.45) is 0 Å². The maximum Gasteiger partial charge on any atom is 0.142 e. The molecule has 0 spiro atoms. The molecular weight excluding hydrogens is 334 g/mol. The first-order valence-corrected chi connectivity index (χ1v) is 11.4. The average molecular weight is 378 g/mol. The third-order valence-electron chi connectivity index (χ3n) is 5.05. The lowest BCUT2D eigenvalue weighted by molar-refractivity contribution is 0.0973. The molecule has 1 aromatic rings. The Morgan fingerprint density at radius 3 is 1.70 bits per heavy atom. The summed E-state index contributed by atoms with van der Waals surface area (Å²) in [7, 11) is 0. The Hall–Kier alpha value is -1.22. The van der Waals surface area contributed by atoms with Crippen LogP contribution in [-0.2, 0) is 4.74 Å².